The van der Waals surface area contributed by atoms with Gasteiger partial charge in [-0.3, -0.25) is 14.4 Å². The first-order valence-corrected chi connectivity index (χ1v) is 14.9. The monoisotopic (exact) mass is 578 g/mol. The zero-order chi connectivity index (χ0) is 30.3. The van der Waals surface area contributed by atoms with Gasteiger partial charge in [0.15, 0.2) is 0 Å². The lowest BCUT2D eigenvalue weighted by Crippen LogP contribution is -2.40. The maximum atomic E-state index is 13.3. The van der Waals surface area contributed by atoms with Crippen molar-refractivity contribution < 1.29 is 14.4 Å². The summed E-state index contributed by atoms with van der Waals surface area (Å²) in [5, 5.41) is 15.3. The number of hydrogen-bond acceptors (Lipinski definition) is 6. The van der Waals surface area contributed by atoms with E-state index < -0.39 is 0 Å². The highest BCUT2D eigenvalue weighted by atomic mass is 16.2. The maximum Gasteiger partial charge on any atom is 0.255 e. The standard InChI is InChI=1S/C34H38N6O3/c1-23-4-2-5-26(20-23)33(42)38-30-21-27(32(41)37-29-13-11-28(36)12-14-29)10-15-31(30)39-16-3-17-40(19-18-39)34(43)25-8-6-24(22-35)7-9-25/h2,4-10,15,20-21,28-29H,3,11-14,16-19,36H2,1H3,(H,37,41)(H,38,42). The van der Waals surface area contributed by atoms with Crippen LogP contribution >= 0.6 is 0 Å². The van der Waals surface area contributed by atoms with Gasteiger partial charge >= 0.3 is 0 Å². The fraction of sp³-hybridized carbons (Fsp3) is 0.353. The van der Waals surface area contributed by atoms with Crippen molar-refractivity contribution in [1.82, 2.24) is 10.2 Å². The number of nitrogens with two attached hydrogens (primary N) is 1. The summed E-state index contributed by atoms with van der Waals surface area (Å²) in [7, 11) is 0. The summed E-state index contributed by atoms with van der Waals surface area (Å²) < 4.78 is 0. The molecule has 3 aromatic carbocycles. The Morgan fingerprint density at radius 1 is 0.837 bits per heavy atom. The second-order valence-electron chi connectivity index (χ2n) is 11.5. The van der Waals surface area contributed by atoms with Gasteiger partial charge in [0.25, 0.3) is 17.7 Å². The molecule has 5 rings (SSSR count). The van der Waals surface area contributed by atoms with Crippen LogP contribution in [0.4, 0.5) is 11.4 Å². The topological polar surface area (TPSA) is 132 Å². The number of carbonyl (C=O) groups is 3. The molecule has 0 aromatic heterocycles. The minimum atomic E-state index is -0.254. The molecule has 0 radical (unpaired) electrons. The fourth-order valence-electron chi connectivity index (χ4n) is 5.80. The number of nitrogens with zero attached hydrogens (tertiary/aromatic N) is 3. The molecule has 1 saturated carbocycles. The summed E-state index contributed by atoms with van der Waals surface area (Å²) in [6.07, 6.45) is 4.23. The number of anilines is 2. The zero-order valence-corrected chi connectivity index (χ0v) is 24.5. The smallest absolute Gasteiger partial charge is 0.255 e. The van der Waals surface area contributed by atoms with E-state index in [-0.39, 0.29) is 29.8 Å². The number of carbonyl (C=O) groups excluding carboxylic acids is 3. The number of aryl methyl sites for hydroxylation is 1. The van der Waals surface area contributed by atoms with Gasteiger partial charge in [-0.05, 0) is 93.6 Å². The van der Waals surface area contributed by atoms with Crippen LogP contribution in [0.5, 0.6) is 0 Å². The molecule has 0 bridgehead atoms. The van der Waals surface area contributed by atoms with E-state index in [1.807, 2.05) is 36.1 Å². The first-order valence-electron chi connectivity index (χ1n) is 14.9. The number of rotatable bonds is 6. The third-order valence-corrected chi connectivity index (χ3v) is 8.28. The number of nitriles is 1. The number of hydrogen-bond donors (Lipinski definition) is 3. The van der Waals surface area contributed by atoms with Gasteiger partial charge in [0.1, 0.15) is 0 Å². The minimum absolute atomic E-state index is 0.0741. The van der Waals surface area contributed by atoms with Crippen molar-refractivity contribution in [2.45, 2.75) is 51.1 Å². The third-order valence-electron chi connectivity index (χ3n) is 8.28. The van der Waals surface area contributed by atoms with Crippen LogP contribution in [0.2, 0.25) is 0 Å². The second kappa shape index (κ2) is 13.5. The summed E-state index contributed by atoms with van der Waals surface area (Å²) in [5.74, 6) is -0.501. The predicted molar refractivity (Wildman–Crippen MR) is 167 cm³/mol. The summed E-state index contributed by atoms with van der Waals surface area (Å²) in [4.78, 5) is 43.8. The molecule has 43 heavy (non-hydrogen) atoms. The van der Waals surface area contributed by atoms with Crippen molar-refractivity contribution in [2.24, 2.45) is 5.73 Å². The molecule has 2 fully saturated rings. The molecule has 1 saturated heterocycles. The molecular formula is C34H38N6O3. The molecule has 1 aliphatic heterocycles. The Morgan fingerprint density at radius 2 is 1.56 bits per heavy atom. The normalized spacial score (nSPS) is 18.7. The number of amides is 3. The Labute approximate surface area is 252 Å². The Balaban J connectivity index is 1.36. The van der Waals surface area contributed by atoms with E-state index in [1.165, 1.54) is 0 Å². The third kappa shape index (κ3) is 7.40. The van der Waals surface area contributed by atoms with Crippen LogP contribution in [-0.4, -0.2) is 60.9 Å². The number of benzene rings is 3. The Hall–Kier alpha value is -4.68. The Bertz CT molecular complexity index is 1520. The first kappa shape index (κ1) is 29.8. The van der Waals surface area contributed by atoms with Crippen LogP contribution in [0, 0.1) is 18.3 Å². The van der Waals surface area contributed by atoms with Gasteiger partial charge in [-0.25, -0.2) is 0 Å². The molecule has 1 aliphatic carbocycles. The summed E-state index contributed by atoms with van der Waals surface area (Å²) >= 11 is 0. The fourth-order valence-corrected chi connectivity index (χ4v) is 5.80. The van der Waals surface area contributed by atoms with E-state index in [4.69, 9.17) is 11.0 Å². The van der Waals surface area contributed by atoms with Gasteiger partial charge in [-0.2, -0.15) is 5.26 Å². The molecular weight excluding hydrogens is 540 g/mol. The number of nitrogens with one attached hydrogen (secondary N) is 2. The molecule has 0 unspecified atom stereocenters. The molecule has 0 atom stereocenters. The van der Waals surface area contributed by atoms with Crippen molar-refractivity contribution in [3.8, 4) is 6.07 Å². The van der Waals surface area contributed by atoms with E-state index in [9.17, 15) is 14.4 Å². The van der Waals surface area contributed by atoms with Gasteiger partial charge in [0.2, 0.25) is 0 Å². The Morgan fingerprint density at radius 3 is 2.28 bits per heavy atom. The molecule has 0 spiro atoms. The Kier molecular flexibility index (Phi) is 9.38. The van der Waals surface area contributed by atoms with Gasteiger partial charge in [0, 0.05) is 55.0 Å². The van der Waals surface area contributed by atoms with Gasteiger partial charge in [0.05, 0.1) is 23.0 Å². The van der Waals surface area contributed by atoms with Crippen molar-refractivity contribution >= 4 is 29.1 Å². The predicted octanol–water partition coefficient (Wildman–Crippen LogP) is 4.47. The molecule has 9 nitrogen and oxygen atoms in total. The van der Waals surface area contributed by atoms with Crippen LogP contribution in [-0.2, 0) is 0 Å². The second-order valence-corrected chi connectivity index (χ2v) is 11.5. The average Bonchev–Trinajstić information content (AvgIpc) is 3.28. The van der Waals surface area contributed by atoms with Crippen molar-refractivity contribution in [1.29, 1.82) is 5.26 Å². The quantitative estimate of drug-likeness (QED) is 0.396. The highest BCUT2D eigenvalue weighted by Crippen LogP contribution is 2.30. The van der Waals surface area contributed by atoms with E-state index in [1.54, 1.807) is 42.5 Å². The summed E-state index contributed by atoms with van der Waals surface area (Å²) in [6, 6.07) is 21.9. The van der Waals surface area contributed by atoms with Crippen molar-refractivity contribution in [3.63, 3.8) is 0 Å². The van der Waals surface area contributed by atoms with Crippen molar-refractivity contribution in [2.75, 3.05) is 36.4 Å². The lowest BCUT2D eigenvalue weighted by Gasteiger charge is -2.28. The van der Waals surface area contributed by atoms with Crippen LogP contribution in [0.3, 0.4) is 0 Å². The molecule has 4 N–H and O–H groups in total. The SMILES string of the molecule is Cc1cccc(C(=O)Nc2cc(C(=O)NC3CCC(N)CC3)ccc2N2CCCN(C(=O)c3ccc(C#N)cc3)CC2)c1. The van der Waals surface area contributed by atoms with E-state index in [0.717, 1.165) is 43.4 Å². The van der Waals surface area contributed by atoms with Crippen LogP contribution in [0.1, 0.15) is 74.3 Å². The van der Waals surface area contributed by atoms with Crippen LogP contribution in [0.25, 0.3) is 0 Å². The maximum absolute atomic E-state index is 13.3. The lowest BCUT2D eigenvalue weighted by molar-refractivity contribution is 0.0766. The zero-order valence-electron chi connectivity index (χ0n) is 24.5. The average molecular weight is 579 g/mol. The molecule has 9 heteroatoms. The van der Waals surface area contributed by atoms with E-state index >= 15 is 0 Å². The van der Waals surface area contributed by atoms with Gasteiger partial charge in [-0.1, -0.05) is 17.7 Å². The molecule has 3 amide bonds. The minimum Gasteiger partial charge on any atom is -0.368 e. The van der Waals surface area contributed by atoms with E-state index in [0.29, 0.717) is 54.1 Å². The lowest BCUT2D eigenvalue weighted by atomic mass is 9.91. The summed E-state index contributed by atoms with van der Waals surface area (Å²) in [6.45, 7) is 4.26. The largest absolute Gasteiger partial charge is 0.368 e. The first-order chi connectivity index (χ1) is 20.8. The molecule has 2 aliphatic rings. The molecule has 222 valence electrons. The van der Waals surface area contributed by atoms with E-state index in [2.05, 4.69) is 21.6 Å². The highest BCUT2D eigenvalue weighted by molar-refractivity contribution is 6.07. The van der Waals surface area contributed by atoms with Crippen LogP contribution in [0.15, 0.2) is 66.7 Å². The summed E-state index contributed by atoms with van der Waals surface area (Å²) in [5.41, 5.74) is 10.4. The van der Waals surface area contributed by atoms with Crippen LogP contribution < -0.4 is 21.3 Å². The van der Waals surface area contributed by atoms with Crippen molar-refractivity contribution in [3.05, 3.63) is 94.5 Å². The highest BCUT2D eigenvalue weighted by Gasteiger charge is 2.25. The molecule has 1 heterocycles. The van der Waals surface area contributed by atoms with Gasteiger partial charge in [-0.15, -0.1) is 0 Å². The molecule has 3 aromatic rings. The van der Waals surface area contributed by atoms with Gasteiger partial charge < -0.3 is 26.2 Å².